The molecule has 1 amide bonds. The number of amides is 1. The van der Waals surface area contributed by atoms with Crippen molar-refractivity contribution in [3.63, 3.8) is 0 Å². The maximum Gasteiger partial charge on any atom is 0.410 e. The number of aldehydes is 1. The maximum absolute atomic E-state index is 12.3. The van der Waals surface area contributed by atoms with Gasteiger partial charge in [0.2, 0.25) is 0 Å². The van der Waals surface area contributed by atoms with Gasteiger partial charge in [0.25, 0.3) is 0 Å². The number of carbonyl (C=O) groups excluding carboxylic acids is 2. The number of anilines is 1. The standard InChI is InChI=1S/C25H32N2O5/c1-25(2,3)32-24(29)27-12-9-20(10-13-27)31-23-16-18(6-8-22(23)30-4)17-5-7-21(26)19(15-17)11-14-28/h5-8,14-16,20H,9-13,26H2,1-4H3. The van der Waals surface area contributed by atoms with E-state index in [1.807, 2.05) is 57.2 Å². The third-order valence-corrected chi connectivity index (χ3v) is 5.33. The summed E-state index contributed by atoms with van der Waals surface area (Å²) < 4.78 is 17.2. The molecule has 7 nitrogen and oxygen atoms in total. The topological polar surface area (TPSA) is 91.1 Å². The van der Waals surface area contributed by atoms with Crippen molar-refractivity contribution in [1.82, 2.24) is 4.90 Å². The van der Waals surface area contributed by atoms with Crippen molar-refractivity contribution >= 4 is 18.1 Å². The van der Waals surface area contributed by atoms with Crippen LogP contribution >= 0.6 is 0 Å². The highest BCUT2D eigenvalue weighted by Gasteiger charge is 2.28. The first-order valence-electron chi connectivity index (χ1n) is 10.8. The molecule has 2 aromatic carbocycles. The van der Waals surface area contributed by atoms with Crippen LogP contribution in [0.3, 0.4) is 0 Å². The van der Waals surface area contributed by atoms with E-state index < -0.39 is 5.60 Å². The van der Waals surface area contributed by atoms with Crippen LogP contribution in [0.15, 0.2) is 36.4 Å². The van der Waals surface area contributed by atoms with E-state index in [-0.39, 0.29) is 18.6 Å². The summed E-state index contributed by atoms with van der Waals surface area (Å²) in [5.74, 6) is 1.29. The zero-order valence-electron chi connectivity index (χ0n) is 19.2. The Kier molecular flexibility index (Phi) is 7.28. The fourth-order valence-electron chi connectivity index (χ4n) is 3.66. The van der Waals surface area contributed by atoms with Crippen LogP contribution < -0.4 is 15.2 Å². The van der Waals surface area contributed by atoms with E-state index in [4.69, 9.17) is 19.9 Å². The third-order valence-electron chi connectivity index (χ3n) is 5.33. The molecular formula is C25H32N2O5. The summed E-state index contributed by atoms with van der Waals surface area (Å²) in [7, 11) is 1.61. The molecule has 0 unspecified atom stereocenters. The third kappa shape index (κ3) is 5.93. The number of hydrogen-bond acceptors (Lipinski definition) is 6. The molecule has 2 aromatic rings. The molecule has 1 saturated heterocycles. The van der Waals surface area contributed by atoms with E-state index in [9.17, 15) is 9.59 Å². The normalized spacial score (nSPS) is 14.7. The van der Waals surface area contributed by atoms with Gasteiger partial charge in [0.05, 0.1) is 7.11 Å². The summed E-state index contributed by atoms with van der Waals surface area (Å²) in [6, 6.07) is 11.4. The van der Waals surface area contributed by atoms with Crippen LogP contribution in [0.2, 0.25) is 0 Å². The van der Waals surface area contributed by atoms with Gasteiger partial charge in [-0.25, -0.2) is 4.79 Å². The van der Waals surface area contributed by atoms with Crippen LogP contribution in [0.25, 0.3) is 11.1 Å². The quantitative estimate of drug-likeness (QED) is 0.527. The van der Waals surface area contributed by atoms with Crippen LogP contribution in [0, 0.1) is 0 Å². The second kappa shape index (κ2) is 9.94. The minimum absolute atomic E-state index is 0.0325. The average Bonchev–Trinajstić information content (AvgIpc) is 2.75. The Morgan fingerprint density at radius 1 is 1.09 bits per heavy atom. The van der Waals surface area contributed by atoms with E-state index in [0.717, 1.165) is 23.0 Å². The van der Waals surface area contributed by atoms with E-state index in [2.05, 4.69) is 0 Å². The fraction of sp³-hybridized carbons (Fsp3) is 0.440. The molecule has 0 saturated carbocycles. The summed E-state index contributed by atoms with van der Waals surface area (Å²) >= 11 is 0. The molecule has 3 rings (SSSR count). The zero-order valence-corrected chi connectivity index (χ0v) is 19.2. The number of likely N-dealkylation sites (tertiary alicyclic amines) is 1. The van der Waals surface area contributed by atoms with Crippen LogP contribution in [0.4, 0.5) is 10.5 Å². The first-order valence-corrected chi connectivity index (χ1v) is 10.8. The second-order valence-electron chi connectivity index (χ2n) is 8.93. The summed E-state index contributed by atoms with van der Waals surface area (Å²) in [5, 5.41) is 0. The molecule has 1 fully saturated rings. The lowest BCUT2D eigenvalue weighted by molar-refractivity contribution is -0.107. The molecule has 1 heterocycles. The zero-order chi connectivity index (χ0) is 23.3. The molecule has 0 aromatic heterocycles. The molecule has 32 heavy (non-hydrogen) atoms. The van der Waals surface area contributed by atoms with Gasteiger partial charge >= 0.3 is 6.09 Å². The van der Waals surface area contributed by atoms with Crippen molar-refractivity contribution in [2.24, 2.45) is 0 Å². The summed E-state index contributed by atoms with van der Waals surface area (Å²) in [6.07, 6.45) is 2.22. The Morgan fingerprint density at radius 2 is 1.75 bits per heavy atom. The van der Waals surface area contributed by atoms with Gasteiger partial charge in [0.1, 0.15) is 18.0 Å². The van der Waals surface area contributed by atoms with Gasteiger partial charge in [-0.15, -0.1) is 0 Å². The second-order valence-corrected chi connectivity index (χ2v) is 8.93. The van der Waals surface area contributed by atoms with Crippen molar-refractivity contribution in [1.29, 1.82) is 0 Å². The number of nitrogens with two attached hydrogens (primary N) is 1. The van der Waals surface area contributed by atoms with Crippen molar-refractivity contribution < 1.29 is 23.8 Å². The molecule has 0 spiro atoms. The smallest absolute Gasteiger partial charge is 0.410 e. The molecule has 0 bridgehead atoms. The van der Waals surface area contributed by atoms with Crippen LogP contribution in [-0.4, -0.2) is 49.2 Å². The number of rotatable bonds is 6. The van der Waals surface area contributed by atoms with Crippen molar-refractivity contribution in [3.05, 3.63) is 42.0 Å². The van der Waals surface area contributed by atoms with Gasteiger partial charge in [-0.05, 0) is 61.7 Å². The van der Waals surface area contributed by atoms with Gasteiger partial charge < -0.3 is 29.6 Å². The Balaban J connectivity index is 1.72. The number of benzene rings is 2. The summed E-state index contributed by atoms with van der Waals surface area (Å²) in [6.45, 7) is 6.75. The van der Waals surface area contributed by atoms with E-state index in [1.54, 1.807) is 12.0 Å². The van der Waals surface area contributed by atoms with Crippen molar-refractivity contribution in [2.75, 3.05) is 25.9 Å². The minimum Gasteiger partial charge on any atom is -0.493 e. The van der Waals surface area contributed by atoms with E-state index in [1.165, 1.54) is 0 Å². The highest BCUT2D eigenvalue weighted by Crippen LogP contribution is 2.35. The molecule has 2 N–H and O–H groups in total. The van der Waals surface area contributed by atoms with E-state index in [0.29, 0.717) is 43.1 Å². The largest absolute Gasteiger partial charge is 0.493 e. The number of hydrogen-bond donors (Lipinski definition) is 1. The highest BCUT2D eigenvalue weighted by atomic mass is 16.6. The average molecular weight is 441 g/mol. The number of methoxy groups -OCH3 is 1. The summed E-state index contributed by atoms with van der Waals surface area (Å²) in [4.78, 5) is 25.0. The lowest BCUT2D eigenvalue weighted by Crippen LogP contribution is -2.44. The van der Waals surface area contributed by atoms with Gasteiger partial charge in [-0.2, -0.15) is 0 Å². The fourth-order valence-corrected chi connectivity index (χ4v) is 3.66. The highest BCUT2D eigenvalue weighted by molar-refractivity contribution is 5.72. The number of carbonyl (C=O) groups is 2. The number of piperidine rings is 1. The first kappa shape index (κ1) is 23.4. The summed E-state index contributed by atoms with van der Waals surface area (Å²) in [5.41, 5.74) is 8.76. The monoisotopic (exact) mass is 440 g/mol. The van der Waals surface area contributed by atoms with Crippen molar-refractivity contribution in [3.8, 4) is 22.6 Å². The van der Waals surface area contributed by atoms with Gasteiger partial charge in [-0.1, -0.05) is 12.1 Å². The molecule has 0 radical (unpaired) electrons. The molecule has 1 aliphatic heterocycles. The lowest BCUT2D eigenvalue weighted by Gasteiger charge is -2.33. The Labute approximate surface area is 189 Å². The SMILES string of the molecule is COc1ccc(-c2ccc(N)c(CC=O)c2)cc1OC1CCN(C(=O)OC(C)(C)C)CC1. The molecule has 7 heteroatoms. The molecule has 0 aliphatic carbocycles. The van der Waals surface area contributed by atoms with E-state index >= 15 is 0 Å². The molecule has 172 valence electrons. The van der Waals surface area contributed by atoms with Crippen molar-refractivity contribution in [2.45, 2.75) is 51.7 Å². The molecule has 1 aliphatic rings. The number of ether oxygens (including phenoxy) is 3. The van der Waals surface area contributed by atoms with Crippen LogP contribution in [0.5, 0.6) is 11.5 Å². The van der Waals surface area contributed by atoms with Gasteiger partial charge in [-0.3, -0.25) is 0 Å². The Hall–Kier alpha value is -3.22. The predicted molar refractivity (Wildman–Crippen MR) is 124 cm³/mol. The predicted octanol–water partition coefficient (Wildman–Crippen LogP) is 4.46. The Bertz CT molecular complexity index is 959. The van der Waals surface area contributed by atoms with Gasteiger partial charge in [0, 0.05) is 38.0 Å². The lowest BCUT2D eigenvalue weighted by atomic mass is 10.00. The van der Waals surface area contributed by atoms with Gasteiger partial charge in [0.15, 0.2) is 11.5 Å². The number of nitrogens with zero attached hydrogens (tertiary/aromatic N) is 1. The molecular weight excluding hydrogens is 408 g/mol. The first-order chi connectivity index (χ1) is 15.2. The van der Waals surface area contributed by atoms with Crippen LogP contribution in [0.1, 0.15) is 39.2 Å². The molecule has 0 atom stereocenters. The Morgan fingerprint density at radius 3 is 2.38 bits per heavy atom. The minimum atomic E-state index is -0.508. The van der Waals surface area contributed by atoms with Crippen LogP contribution in [-0.2, 0) is 16.0 Å². The maximum atomic E-state index is 12.3. The number of nitrogen functional groups attached to an aromatic ring is 1.